The Labute approximate surface area is 120 Å². The van der Waals surface area contributed by atoms with E-state index in [1.165, 1.54) is 12.1 Å². The Morgan fingerprint density at radius 1 is 1.50 bits per heavy atom. The zero-order valence-electron chi connectivity index (χ0n) is 10.9. The van der Waals surface area contributed by atoms with Crippen LogP contribution < -0.4 is 10.6 Å². The summed E-state index contributed by atoms with van der Waals surface area (Å²) in [4.78, 5) is 11.8. The SMILES string of the molecule is C[C@@H]([NH2+]CC(=O)Nc1ccc(Cl)cc1F)c1ccco1. The number of carbonyl (C=O) groups excluding carboxylic acids is 1. The Hall–Kier alpha value is -1.85. The summed E-state index contributed by atoms with van der Waals surface area (Å²) in [6, 6.07) is 7.78. The topological polar surface area (TPSA) is 58.9 Å². The van der Waals surface area contributed by atoms with Gasteiger partial charge >= 0.3 is 0 Å². The summed E-state index contributed by atoms with van der Waals surface area (Å²) in [5.74, 6) is -0.0509. The number of carbonyl (C=O) groups is 1. The minimum Gasteiger partial charge on any atom is -0.463 e. The van der Waals surface area contributed by atoms with Crippen molar-refractivity contribution in [3.8, 4) is 0 Å². The highest BCUT2D eigenvalue weighted by molar-refractivity contribution is 6.30. The quantitative estimate of drug-likeness (QED) is 0.890. The molecule has 0 fully saturated rings. The number of hydrogen-bond acceptors (Lipinski definition) is 2. The van der Waals surface area contributed by atoms with Crippen molar-refractivity contribution < 1.29 is 18.9 Å². The van der Waals surface area contributed by atoms with Crippen molar-refractivity contribution in [2.24, 2.45) is 0 Å². The van der Waals surface area contributed by atoms with E-state index in [4.69, 9.17) is 16.0 Å². The Bertz CT molecular complexity index is 587. The van der Waals surface area contributed by atoms with Gasteiger partial charge < -0.3 is 15.1 Å². The first-order chi connectivity index (χ1) is 9.56. The number of amides is 1. The van der Waals surface area contributed by atoms with Gasteiger partial charge in [-0.25, -0.2) is 4.39 Å². The van der Waals surface area contributed by atoms with Crippen LogP contribution >= 0.6 is 11.6 Å². The van der Waals surface area contributed by atoms with E-state index in [1.807, 2.05) is 18.3 Å². The second-order valence-electron chi connectivity index (χ2n) is 4.42. The van der Waals surface area contributed by atoms with Gasteiger partial charge in [-0.15, -0.1) is 0 Å². The molecule has 3 N–H and O–H groups in total. The molecule has 6 heteroatoms. The number of halogens is 2. The second-order valence-corrected chi connectivity index (χ2v) is 4.85. The molecule has 0 unspecified atom stereocenters. The first-order valence-corrected chi connectivity index (χ1v) is 6.55. The van der Waals surface area contributed by atoms with Crippen LogP contribution in [0.15, 0.2) is 41.0 Å². The predicted octanol–water partition coefficient (Wildman–Crippen LogP) is 2.34. The van der Waals surface area contributed by atoms with Gasteiger partial charge in [-0.1, -0.05) is 11.6 Å². The van der Waals surface area contributed by atoms with Gasteiger partial charge in [-0.2, -0.15) is 0 Å². The first-order valence-electron chi connectivity index (χ1n) is 6.18. The fourth-order valence-corrected chi connectivity index (χ4v) is 1.90. The molecular weight excluding hydrogens is 283 g/mol. The highest BCUT2D eigenvalue weighted by Crippen LogP contribution is 2.18. The summed E-state index contributed by atoms with van der Waals surface area (Å²) in [6.07, 6.45) is 1.59. The molecule has 1 heterocycles. The number of quaternary nitrogens is 1. The van der Waals surface area contributed by atoms with Crippen molar-refractivity contribution in [3.05, 3.63) is 53.2 Å². The van der Waals surface area contributed by atoms with Gasteiger partial charge in [0.1, 0.15) is 11.9 Å². The van der Waals surface area contributed by atoms with Crippen LogP contribution in [0.25, 0.3) is 0 Å². The molecule has 0 aliphatic rings. The summed E-state index contributed by atoms with van der Waals surface area (Å²) in [6.45, 7) is 2.10. The van der Waals surface area contributed by atoms with Crippen LogP contribution in [0.3, 0.4) is 0 Å². The highest BCUT2D eigenvalue weighted by atomic mass is 35.5. The smallest absolute Gasteiger partial charge is 0.279 e. The lowest BCUT2D eigenvalue weighted by atomic mass is 10.2. The molecule has 0 spiro atoms. The Morgan fingerprint density at radius 3 is 2.95 bits per heavy atom. The third-order valence-corrected chi connectivity index (χ3v) is 3.09. The summed E-state index contributed by atoms with van der Waals surface area (Å²) < 4.78 is 18.7. The number of nitrogens with one attached hydrogen (secondary N) is 1. The minimum atomic E-state index is -0.551. The molecule has 4 nitrogen and oxygen atoms in total. The van der Waals surface area contributed by atoms with Crippen LogP contribution in [0, 0.1) is 5.82 Å². The van der Waals surface area contributed by atoms with E-state index in [9.17, 15) is 9.18 Å². The van der Waals surface area contributed by atoms with Gasteiger partial charge in [-0.3, -0.25) is 4.79 Å². The number of furan rings is 1. The highest BCUT2D eigenvalue weighted by Gasteiger charge is 2.14. The average Bonchev–Trinajstić information content (AvgIpc) is 2.93. The summed E-state index contributed by atoms with van der Waals surface area (Å²) in [5, 5.41) is 4.60. The maximum absolute atomic E-state index is 13.5. The fraction of sp³-hybridized carbons (Fsp3) is 0.214. The number of benzene rings is 1. The summed E-state index contributed by atoms with van der Waals surface area (Å²) >= 11 is 5.64. The van der Waals surface area contributed by atoms with Crippen LogP contribution in [-0.2, 0) is 4.79 Å². The zero-order chi connectivity index (χ0) is 14.5. The van der Waals surface area contributed by atoms with Crippen molar-refractivity contribution in [2.75, 3.05) is 11.9 Å². The molecule has 0 radical (unpaired) electrons. The number of hydrogen-bond donors (Lipinski definition) is 2. The molecule has 106 valence electrons. The van der Waals surface area contributed by atoms with E-state index < -0.39 is 5.82 Å². The Kier molecular flexibility index (Phi) is 4.76. The van der Waals surface area contributed by atoms with Gasteiger partial charge in [-0.05, 0) is 37.3 Å². The molecule has 0 saturated heterocycles. The van der Waals surface area contributed by atoms with Gasteiger partial charge in [0.2, 0.25) is 0 Å². The molecule has 0 bridgehead atoms. The number of rotatable bonds is 5. The van der Waals surface area contributed by atoms with Crippen molar-refractivity contribution in [3.63, 3.8) is 0 Å². The van der Waals surface area contributed by atoms with Gasteiger partial charge in [0.15, 0.2) is 12.3 Å². The van der Waals surface area contributed by atoms with Crippen LogP contribution in [0.1, 0.15) is 18.7 Å². The predicted molar refractivity (Wildman–Crippen MR) is 74.0 cm³/mol. The molecule has 1 atom stereocenters. The van der Waals surface area contributed by atoms with E-state index in [2.05, 4.69) is 5.32 Å². The molecule has 2 aromatic rings. The van der Waals surface area contributed by atoms with Crippen LogP contribution in [0.5, 0.6) is 0 Å². The molecule has 1 aromatic heterocycles. The Morgan fingerprint density at radius 2 is 2.30 bits per heavy atom. The van der Waals surface area contributed by atoms with Gasteiger partial charge in [0.05, 0.1) is 12.0 Å². The van der Waals surface area contributed by atoms with Crippen LogP contribution in [0.4, 0.5) is 10.1 Å². The lowest BCUT2D eigenvalue weighted by Gasteiger charge is -2.09. The maximum Gasteiger partial charge on any atom is 0.279 e. The average molecular weight is 298 g/mol. The van der Waals surface area contributed by atoms with E-state index in [1.54, 1.807) is 12.3 Å². The summed E-state index contributed by atoms with van der Waals surface area (Å²) in [7, 11) is 0. The second kappa shape index (κ2) is 6.54. The lowest BCUT2D eigenvalue weighted by molar-refractivity contribution is -0.684. The minimum absolute atomic E-state index is 0.0193. The standard InChI is InChI=1S/C14H14ClFN2O2/c1-9(13-3-2-6-20-13)17-8-14(19)18-12-5-4-10(15)7-11(12)16/h2-7,9,17H,8H2,1H3,(H,18,19)/p+1/t9-/m1/s1. The molecule has 1 amide bonds. The van der Waals surface area contributed by atoms with Crippen LogP contribution in [0.2, 0.25) is 5.02 Å². The molecule has 20 heavy (non-hydrogen) atoms. The Balaban J connectivity index is 1.86. The van der Waals surface area contributed by atoms with Gasteiger partial charge in [0, 0.05) is 5.02 Å². The van der Waals surface area contributed by atoms with E-state index in [-0.39, 0.29) is 24.2 Å². The molecule has 0 saturated carbocycles. The van der Waals surface area contributed by atoms with E-state index in [0.717, 1.165) is 11.8 Å². The van der Waals surface area contributed by atoms with Crippen molar-refractivity contribution in [1.82, 2.24) is 0 Å². The zero-order valence-corrected chi connectivity index (χ0v) is 11.7. The normalized spacial score (nSPS) is 12.2. The molecular formula is C14H15ClFN2O2+. The lowest BCUT2D eigenvalue weighted by Crippen LogP contribution is -2.86. The van der Waals surface area contributed by atoms with Crippen molar-refractivity contribution in [2.45, 2.75) is 13.0 Å². The monoisotopic (exact) mass is 297 g/mol. The first kappa shape index (κ1) is 14.6. The number of nitrogens with two attached hydrogens (primary N) is 1. The third kappa shape index (κ3) is 3.82. The van der Waals surface area contributed by atoms with Crippen molar-refractivity contribution in [1.29, 1.82) is 0 Å². The molecule has 2 rings (SSSR count). The van der Waals surface area contributed by atoms with Crippen molar-refractivity contribution >= 4 is 23.2 Å². The third-order valence-electron chi connectivity index (χ3n) is 2.85. The summed E-state index contributed by atoms with van der Waals surface area (Å²) in [5.41, 5.74) is 0.124. The van der Waals surface area contributed by atoms with E-state index >= 15 is 0 Å². The molecule has 1 aromatic carbocycles. The largest absolute Gasteiger partial charge is 0.463 e. The van der Waals surface area contributed by atoms with Crippen LogP contribution in [-0.4, -0.2) is 12.5 Å². The molecule has 0 aliphatic carbocycles. The number of anilines is 1. The van der Waals surface area contributed by atoms with E-state index in [0.29, 0.717) is 5.02 Å². The molecule has 0 aliphatic heterocycles. The fourth-order valence-electron chi connectivity index (χ4n) is 1.74. The maximum atomic E-state index is 13.5. The van der Waals surface area contributed by atoms with Gasteiger partial charge in [0.25, 0.3) is 5.91 Å².